The standard InChI is InChI=1S/C14H15F2NO2/c1-2-17(8-11-4-3-5-19-11)14-12(15)6-10(9-18)7-13(14)16/h3-7,18H,2,8-9H2,1H3. The number of aliphatic hydroxyl groups excluding tert-OH is 1. The minimum absolute atomic E-state index is 0.101. The van der Waals surface area contributed by atoms with Gasteiger partial charge in [-0.2, -0.15) is 0 Å². The summed E-state index contributed by atoms with van der Waals surface area (Å²) in [6.45, 7) is 2.14. The van der Waals surface area contributed by atoms with Gasteiger partial charge in [-0.15, -0.1) is 0 Å². The van der Waals surface area contributed by atoms with E-state index in [-0.39, 0.29) is 17.8 Å². The predicted molar refractivity (Wildman–Crippen MR) is 67.7 cm³/mol. The van der Waals surface area contributed by atoms with Crippen LogP contribution in [0.1, 0.15) is 18.2 Å². The van der Waals surface area contributed by atoms with Crippen LogP contribution in [-0.2, 0) is 13.2 Å². The van der Waals surface area contributed by atoms with Gasteiger partial charge in [-0.1, -0.05) is 0 Å². The summed E-state index contributed by atoms with van der Waals surface area (Å²) in [7, 11) is 0. The van der Waals surface area contributed by atoms with E-state index in [1.165, 1.54) is 6.26 Å². The van der Waals surface area contributed by atoms with Crippen LogP contribution in [0, 0.1) is 11.6 Å². The molecule has 0 amide bonds. The van der Waals surface area contributed by atoms with Crippen molar-refractivity contribution in [3.63, 3.8) is 0 Å². The Labute approximate surface area is 110 Å². The molecule has 1 aromatic carbocycles. The first-order chi connectivity index (χ1) is 9.15. The molecule has 0 fully saturated rings. The molecule has 0 radical (unpaired) electrons. The minimum atomic E-state index is -0.683. The first-order valence-corrected chi connectivity index (χ1v) is 6.01. The fraction of sp³-hybridized carbons (Fsp3) is 0.286. The number of furan rings is 1. The summed E-state index contributed by atoms with van der Waals surface area (Å²) >= 11 is 0. The number of aliphatic hydroxyl groups is 1. The molecule has 0 unspecified atom stereocenters. The van der Waals surface area contributed by atoms with E-state index in [9.17, 15) is 8.78 Å². The molecule has 102 valence electrons. The van der Waals surface area contributed by atoms with Crippen LogP contribution in [0.3, 0.4) is 0 Å². The summed E-state index contributed by atoms with van der Waals surface area (Å²) < 4.78 is 33.1. The average Bonchev–Trinajstić information content (AvgIpc) is 2.89. The molecular weight excluding hydrogens is 252 g/mol. The Balaban J connectivity index is 2.32. The van der Waals surface area contributed by atoms with Gasteiger partial charge in [0.1, 0.15) is 23.1 Å². The lowest BCUT2D eigenvalue weighted by molar-refractivity contribution is 0.280. The first-order valence-electron chi connectivity index (χ1n) is 6.01. The monoisotopic (exact) mass is 267 g/mol. The first kappa shape index (κ1) is 13.5. The van der Waals surface area contributed by atoms with Gasteiger partial charge in [0.15, 0.2) is 0 Å². The highest BCUT2D eigenvalue weighted by molar-refractivity contribution is 5.50. The molecule has 1 N–H and O–H groups in total. The fourth-order valence-electron chi connectivity index (χ4n) is 1.95. The molecule has 0 saturated carbocycles. The Hall–Kier alpha value is -1.88. The van der Waals surface area contributed by atoms with Crippen LogP contribution in [0.2, 0.25) is 0 Å². The van der Waals surface area contributed by atoms with Gasteiger partial charge >= 0.3 is 0 Å². The molecular formula is C14H15F2NO2. The van der Waals surface area contributed by atoms with Crippen LogP contribution in [-0.4, -0.2) is 11.7 Å². The van der Waals surface area contributed by atoms with Gasteiger partial charge in [-0.3, -0.25) is 0 Å². The zero-order valence-corrected chi connectivity index (χ0v) is 10.6. The smallest absolute Gasteiger partial charge is 0.149 e. The number of benzene rings is 1. The third-order valence-corrected chi connectivity index (χ3v) is 2.88. The van der Waals surface area contributed by atoms with Crippen LogP contribution in [0.5, 0.6) is 0 Å². The van der Waals surface area contributed by atoms with Crippen LogP contribution in [0.25, 0.3) is 0 Å². The molecule has 1 aromatic heterocycles. The number of nitrogens with zero attached hydrogens (tertiary/aromatic N) is 1. The molecule has 0 bridgehead atoms. The normalized spacial score (nSPS) is 10.7. The van der Waals surface area contributed by atoms with Crippen molar-refractivity contribution in [2.75, 3.05) is 11.4 Å². The summed E-state index contributed by atoms with van der Waals surface area (Å²) in [5.74, 6) is -0.734. The number of anilines is 1. The van der Waals surface area contributed by atoms with E-state index in [1.807, 2.05) is 6.92 Å². The zero-order chi connectivity index (χ0) is 13.8. The van der Waals surface area contributed by atoms with E-state index in [0.717, 1.165) is 12.1 Å². The topological polar surface area (TPSA) is 36.6 Å². The number of hydrogen-bond acceptors (Lipinski definition) is 3. The Kier molecular flexibility index (Phi) is 4.16. The molecule has 0 spiro atoms. The van der Waals surface area contributed by atoms with Gasteiger partial charge < -0.3 is 14.4 Å². The molecule has 2 rings (SSSR count). The fourth-order valence-corrected chi connectivity index (χ4v) is 1.95. The van der Waals surface area contributed by atoms with E-state index >= 15 is 0 Å². The maximum atomic E-state index is 13.9. The van der Waals surface area contributed by atoms with Crippen molar-refractivity contribution < 1.29 is 18.3 Å². The van der Waals surface area contributed by atoms with Gasteiger partial charge in [-0.05, 0) is 36.8 Å². The van der Waals surface area contributed by atoms with Gasteiger partial charge in [0.2, 0.25) is 0 Å². The minimum Gasteiger partial charge on any atom is -0.467 e. The van der Waals surface area contributed by atoms with E-state index < -0.39 is 18.2 Å². The number of hydrogen-bond donors (Lipinski definition) is 1. The highest BCUT2D eigenvalue weighted by Crippen LogP contribution is 2.26. The molecule has 5 heteroatoms. The molecule has 0 aliphatic heterocycles. The van der Waals surface area contributed by atoms with Gasteiger partial charge in [0, 0.05) is 6.54 Å². The van der Waals surface area contributed by atoms with E-state index in [1.54, 1.807) is 17.0 Å². The molecule has 0 saturated heterocycles. The summed E-state index contributed by atoms with van der Waals surface area (Å²) in [5, 5.41) is 8.92. The van der Waals surface area contributed by atoms with E-state index in [0.29, 0.717) is 12.3 Å². The van der Waals surface area contributed by atoms with Gasteiger partial charge in [0.25, 0.3) is 0 Å². The van der Waals surface area contributed by atoms with Crippen molar-refractivity contribution >= 4 is 5.69 Å². The third-order valence-electron chi connectivity index (χ3n) is 2.88. The zero-order valence-electron chi connectivity index (χ0n) is 10.6. The Morgan fingerprint density at radius 3 is 2.42 bits per heavy atom. The van der Waals surface area contributed by atoms with Crippen molar-refractivity contribution in [3.8, 4) is 0 Å². The Morgan fingerprint density at radius 2 is 1.95 bits per heavy atom. The van der Waals surface area contributed by atoms with Crippen molar-refractivity contribution in [2.45, 2.75) is 20.1 Å². The highest BCUT2D eigenvalue weighted by Gasteiger charge is 2.18. The lowest BCUT2D eigenvalue weighted by Crippen LogP contribution is -2.24. The molecule has 0 aliphatic carbocycles. The molecule has 19 heavy (non-hydrogen) atoms. The van der Waals surface area contributed by atoms with Crippen molar-refractivity contribution in [2.24, 2.45) is 0 Å². The van der Waals surface area contributed by atoms with Crippen LogP contribution < -0.4 is 4.90 Å². The molecule has 1 heterocycles. The number of rotatable bonds is 5. The van der Waals surface area contributed by atoms with E-state index in [2.05, 4.69) is 0 Å². The Morgan fingerprint density at radius 1 is 1.26 bits per heavy atom. The second-order valence-electron chi connectivity index (χ2n) is 4.16. The van der Waals surface area contributed by atoms with Crippen LogP contribution in [0.4, 0.5) is 14.5 Å². The van der Waals surface area contributed by atoms with Crippen molar-refractivity contribution in [1.82, 2.24) is 0 Å². The lowest BCUT2D eigenvalue weighted by atomic mass is 10.1. The van der Waals surface area contributed by atoms with Crippen molar-refractivity contribution in [1.29, 1.82) is 0 Å². The Bertz CT molecular complexity index is 517. The maximum Gasteiger partial charge on any atom is 0.149 e. The van der Waals surface area contributed by atoms with E-state index in [4.69, 9.17) is 9.52 Å². The summed E-state index contributed by atoms with van der Waals surface area (Å²) in [4.78, 5) is 1.55. The lowest BCUT2D eigenvalue weighted by Gasteiger charge is -2.23. The van der Waals surface area contributed by atoms with Crippen molar-refractivity contribution in [3.05, 3.63) is 53.5 Å². The van der Waals surface area contributed by atoms with Crippen LogP contribution >= 0.6 is 0 Å². The molecule has 0 aliphatic rings. The largest absolute Gasteiger partial charge is 0.467 e. The molecule has 2 aromatic rings. The molecule has 0 atom stereocenters. The van der Waals surface area contributed by atoms with Crippen LogP contribution in [0.15, 0.2) is 34.9 Å². The predicted octanol–water partition coefficient (Wildman–Crippen LogP) is 3.08. The summed E-state index contributed by atoms with van der Waals surface area (Å²) in [5.41, 5.74) is 0.115. The highest BCUT2D eigenvalue weighted by atomic mass is 19.1. The third kappa shape index (κ3) is 2.93. The second kappa shape index (κ2) is 5.84. The van der Waals surface area contributed by atoms with Gasteiger partial charge in [-0.25, -0.2) is 8.78 Å². The van der Waals surface area contributed by atoms with Gasteiger partial charge in [0.05, 0.1) is 19.4 Å². The summed E-state index contributed by atoms with van der Waals surface area (Å²) in [6, 6.07) is 5.76. The average molecular weight is 267 g/mol. The molecule has 3 nitrogen and oxygen atoms in total. The number of halogens is 2. The maximum absolute atomic E-state index is 13.9. The summed E-state index contributed by atoms with van der Waals surface area (Å²) in [6.07, 6.45) is 1.52. The second-order valence-corrected chi connectivity index (χ2v) is 4.16. The SMILES string of the molecule is CCN(Cc1ccco1)c1c(F)cc(CO)cc1F. The quantitative estimate of drug-likeness (QED) is 0.904.